The smallest absolute Gasteiger partial charge is 0.289 e. The van der Waals surface area contributed by atoms with Gasteiger partial charge in [-0.1, -0.05) is 0 Å². The molecule has 1 fully saturated rings. The molecule has 0 unspecified atom stereocenters. The number of carbonyl (C=O) groups is 1. The number of hydrogen-bond acceptors (Lipinski definition) is 5. The van der Waals surface area contributed by atoms with Gasteiger partial charge in [0.2, 0.25) is 5.95 Å². The van der Waals surface area contributed by atoms with E-state index in [9.17, 15) is 4.79 Å². The molecule has 1 saturated heterocycles. The summed E-state index contributed by atoms with van der Waals surface area (Å²) < 4.78 is 5.40. The zero-order valence-electron chi connectivity index (χ0n) is 11.4. The van der Waals surface area contributed by atoms with E-state index in [1.165, 1.54) is 0 Å². The monoisotopic (exact) mass is 306 g/mol. The van der Waals surface area contributed by atoms with Crippen LogP contribution in [0.4, 0.5) is 5.95 Å². The molecule has 0 atom stereocenters. The van der Waals surface area contributed by atoms with Gasteiger partial charge in [0, 0.05) is 38.6 Å². The SMILES string of the molecule is O=C(c1ccc(CCl)o1)N1CCN(c2ncccn2)CC1. The molecular formula is C14H15ClN4O2. The van der Waals surface area contributed by atoms with Gasteiger partial charge in [-0.05, 0) is 18.2 Å². The Morgan fingerprint density at radius 3 is 2.52 bits per heavy atom. The largest absolute Gasteiger partial charge is 0.455 e. The summed E-state index contributed by atoms with van der Waals surface area (Å²) in [6.07, 6.45) is 3.44. The van der Waals surface area contributed by atoms with Gasteiger partial charge < -0.3 is 14.2 Å². The van der Waals surface area contributed by atoms with Gasteiger partial charge in [-0.3, -0.25) is 4.79 Å². The van der Waals surface area contributed by atoms with Crippen molar-refractivity contribution in [2.75, 3.05) is 31.1 Å². The molecule has 2 aromatic rings. The van der Waals surface area contributed by atoms with Gasteiger partial charge >= 0.3 is 0 Å². The summed E-state index contributed by atoms with van der Waals surface area (Å²) >= 11 is 5.68. The number of piperazine rings is 1. The number of anilines is 1. The standard InChI is InChI=1S/C14H15ClN4O2/c15-10-11-2-3-12(21-11)13(20)18-6-8-19(9-7-18)14-16-4-1-5-17-14/h1-5H,6-10H2. The molecule has 3 rings (SSSR count). The second kappa shape index (κ2) is 6.13. The Morgan fingerprint density at radius 2 is 1.90 bits per heavy atom. The summed E-state index contributed by atoms with van der Waals surface area (Å²) in [5.41, 5.74) is 0. The number of furan rings is 1. The fourth-order valence-electron chi connectivity index (χ4n) is 2.28. The molecule has 21 heavy (non-hydrogen) atoms. The van der Waals surface area contributed by atoms with Crippen molar-refractivity contribution in [3.8, 4) is 0 Å². The Hall–Kier alpha value is -2.08. The highest BCUT2D eigenvalue weighted by molar-refractivity contribution is 6.16. The molecule has 0 spiro atoms. The molecule has 0 aliphatic carbocycles. The molecule has 1 amide bonds. The van der Waals surface area contributed by atoms with E-state index in [0.717, 1.165) is 0 Å². The average Bonchev–Trinajstić information content (AvgIpc) is 3.04. The minimum Gasteiger partial charge on any atom is -0.455 e. The number of aromatic nitrogens is 2. The molecule has 110 valence electrons. The molecule has 0 saturated carbocycles. The maximum Gasteiger partial charge on any atom is 0.289 e. The molecule has 1 aliphatic heterocycles. The average molecular weight is 307 g/mol. The van der Waals surface area contributed by atoms with Gasteiger partial charge in [0.1, 0.15) is 5.76 Å². The van der Waals surface area contributed by atoms with Crippen molar-refractivity contribution in [3.05, 3.63) is 42.1 Å². The normalized spacial score (nSPS) is 15.3. The Balaban J connectivity index is 1.61. The van der Waals surface area contributed by atoms with Crippen molar-refractivity contribution in [3.63, 3.8) is 0 Å². The van der Waals surface area contributed by atoms with Crippen LogP contribution in [0.5, 0.6) is 0 Å². The highest BCUT2D eigenvalue weighted by Crippen LogP contribution is 2.15. The molecule has 0 bridgehead atoms. The molecule has 1 aliphatic rings. The van der Waals surface area contributed by atoms with E-state index in [1.54, 1.807) is 35.5 Å². The molecule has 0 aromatic carbocycles. The molecule has 3 heterocycles. The van der Waals surface area contributed by atoms with Crippen LogP contribution in [-0.2, 0) is 5.88 Å². The summed E-state index contributed by atoms with van der Waals surface area (Å²) in [6, 6.07) is 5.19. The summed E-state index contributed by atoms with van der Waals surface area (Å²) in [5, 5.41) is 0. The first-order valence-corrected chi connectivity index (χ1v) is 7.27. The highest BCUT2D eigenvalue weighted by Gasteiger charge is 2.25. The Morgan fingerprint density at radius 1 is 1.19 bits per heavy atom. The second-order valence-corrected chi connectivity index (χ2v) is 4.99. The Bertz CT molecular complexity index is 608. The maximum atomic E-state index is 12.3. The summed E-state index contributed by atoms with van der Waals surface area (Å²) in [7, 11) is 0. The second-order valence-electron chi connectivity index (χ2n) is 4.73. The maximum absolute atomic E-state index is 12.3. The zero-order chi connectivity index (χ0) is 14.7. The van der Waals surface area contributed by atoms with Crippen LogP contribution in [0, 0.1) is 0 Å². The third kappa shape index (κ3) is 3.00. The summed E-state index contributed by atoms with van der Waals surface area (Å²) in [4.78, 5) is 24.6. The first kappa shape index (κ1) is 13.9. The van der Waals surface area contributed by atoms with Crippen molar-refractivity contribution in [1.29, 1.82) is 0 Å². The number of alkyl halides is 1. The van der Waals surface area contributed by atoms with Crippen molar-refractivity contribution >= 4 is 23.5 Å². The first-order valence-electron chi connectivity index (χ1n) is 6.74. The van der Waals surface area contributed by atoms with Crippen LogP contribution in [0.2, 0.25) is 0 Å². The lowest BCUT2D eigenvalue weighted by Crippen LogP contribution is -2.49. The van der Waals surface area contributed by atoms with Crippen LogP contribution in [0.1, 0.15) is 16.3 Å². The summed E-state index contributed by atoms with van der Waals surface area (Å²) in [5.74, 6) is 1.82. The minimum absolute atomic E-state index is 0.0972. The number of rotatable bonds is 3. The van der Waals surface area contributed by atoms with Crippen LogP contribution in [0.25, 0.3) is 0 Å². The van der Waals surface area contributed by atoms with E-state index in [-0.39, 0.29) is 11.8 Å². The van der Waals surface area contributed by atoms with Crippen LogP contribution < -0.4 is 4.90 Å². The Labute approximate surface area is 127 Å². The van der Waals surface area contributed by atoms with Crippen LogP contribution in [-0.4, -0.2) is 47.0 Å². The van der Waals surface area contributed by atoms with Crippen molar-refractivity contribution < 1.29 is 9.21 Å². The summed E-state index contributed by atoms with van der Waals surface area (Å²) in [6.45, 7) is 2.65. The molecule has 6 nitrogen and oxygen atoms in total. The van der Waals surface area contributed by atoms with Gasteiger partial charge in [0.25, 0.3) is 5.91 Å². The Kier molecular flexibility index (Phi) is 4.06. The first-order chi connectivity index (χ1) is 10.3. The third-order valence-electron chi connectivity index (χ3n) is 3.41. The third-order valence-corrected chi connectivity index (χ3v) is 3.67. The highest BCUT2D eigenvalue weighted by atomic mass is 35.5. The predicted octanol–water partition coefficient (Wildman–Crippen LogP) is 1.77. The van der Waals surface area contributed by atoms with Crippen molar-refractivity contribution in [2.45, 2.75) is 5.88 Å². The van der Waals surface area contributed by atoms with E-state index in [1.807, 2.05) is 0 Å². The van der Waals surface area contributed by atoms with Gasteiger partial charge in [0.15, 0.2) is 5.76 Å². The van der Waals surface area contributed by atoms with E-state index < -0.39 is 0 Å². The van der Waals surface area contributed by atoms with Gasteiger partial charge in [-0.25, -0.2) is 9.97 Å². The van der Waals surface area contributed by atoms with E-state index in [2.05, 4.69) is 14.9 Å². The van der Waals surface area contributed by atoms with Crippen LogP contribution in [0.3, 0.4) is 0 Å². The van der Waals surface area contributed by atoms with E-state index in [0.29, 0.717) is 43.6 Å². The van der Waals surface area contributed by atoms with Gasteiger partial charge in [-0.15, -0.1) is 11.6 Å². The molecule has 0 N–H and O–H groups in total. The minimum atomic E-state index is -0.0972. The zero-order valence-corrected chi connectivity index (χ0v) is 12.2. The number of amides is 1. The quantitative estimate of drug-likeness (QED) is 0.809. The fourth-order valence-corrected chi connectivity index (χ4v) is 2.43. The van der Waals surface area contributed by atoms with Crippen molar-refractivity contribution in [2.24, 2.45) is 0 Å². The number of hydrogen-bond donors (Lipinski definition) is 0. The lowest BCUT2D eigenvalue weighted by atomic mass is 10.3. The van der Waals surface area contributed by atoms with Gasteiger partial charge in [-0.2, -0.15) is 0 Å². The van der Waals surface area contributed by atoms with Crippen LogP contribution in [0.15, 0.2) is 35.0 Å². The van der Waals surface area contributed by atoms with Crippen molar-refractivity contribution in [1.82, 2.24) is 14.9 Å². The lowest BCUT2D eigenvalue weighted by Gasteiger charge is -2.34. The predicted molar refractivity (Wildman–Crippen MR) is 78.4 cm³/mol. The van der Waals surface area contributed by atoms with E-state index in [4.69, 9.17) is 16.0 Å². The van der Waals surface area contributed by atoms with Crippen LogP contribution >= 0.6 is 11.6 Å². The molecule has 2 aromatic heterocycles. The topological polar surface area (TPSA) is 62.5 Å². The number of halogens is 1. The number of carbonyl (C=O) groups excluding carboxylic acids is 1. The van der Waals surface area contributed by atoms with Gasteiger partial charge in [0.05, 0.1) is 5.88 Å². The van der Waals surface area contributed by atoms with E-state index >= 15 is 0 Å². The molecule has 7 heteroatoms. The lowest BCUT2D eigenvalue weighted by molar-refractivity contribution is 0.0712. The number of nitrogens with zero attached hydrogens (tertiary/aromatic N) is 4. The fraction of sp³-hybridized carbons (Fsp3) is 0.357. The molecule has 0 radical (unpaired) electrons. The molecular weight excluding hydrogens is 292 g/mol.